The lowest BCUT2D eigenvalue weighted by Gasteiger charge is -2.16. The van der Waals surface area contributed by atoms with Gasteiger partial charge in [-0.1, -0.05) is 12.6 Å². The highest BCUT2D eigenvalue weighted by Crippen LogP contribution is 2.36. The second-order valence-electron chi connectivity index (χ2n) is 5.87. The Morgan fingerprint density at radius 1 is 0.964 bits per heavy atom. The molecule has 2 rings (SSSR count). The molecule has 2 aromatic carbocycles. The van der Waals surface area contributed by atoms with Crippen LogP contribution in [0.3, 0.4) is 0 Å². The first-order chi connectivity index (χ1) is 12.8. The minimum Gasteiger partial charge on any atom is -0.506 e. The Morgan fingerprint density at radius 2 is 1.50 bits per heavy atom. The molecule has 0 aromatic heterocycles. The first-order valence-corrected chi connectivity index (χ1v) is 7.64. The number of carbonyl (C=O) groups excluding carboxylic acids is 1. The van der Waals surface area contributed by atoms with E-state index >= 15 is 0 Å². The Kier molecular flexibility index (Phi) is 5.62. The number of anilines is 1. The molecule has 0 aliphatic rings. The molecule has 0 aliphatic heterocycles. The summed E-state index contributed by atoms with van der Waals surface area (Å²) in [5.74, 6) is -1.68. The smallest absolute Gasteiger partial charge is 0.416 e. The van der Waals surface area contributed by atoms with Gasteiger partial charge in [0.15, 0.2) is 0 Å². The van der Waals surface area contributed by atoms with Gasteiger partial charge in [-0.3, -0.25) is 4.79 Å². The van der Waals surface area contributed by atoms with Crippen LogP contribution >= 0.6 is 0 Å². The van der Waals surface area contributed by atoms with Gasteiger partial charge in [0.2, 0.25) is 0 Å². The zero-order valence-electron chi connectivity index (χ0n) is 14.3. The van der Waals surface area contributed by atoms with Gasteiger partial charge in [-0.05, 0) is 42.8 Å². The average Bonchev–Trinajstić information content (AvgIpc) is 2.55. The summed E-state index contributed by atoms with van der Waals surface area (Å²) in [6, 6.07) is 5.02. The molecular formula is C18H14F6N2O2. The number of carbonyl (C=O) groups is 1. The quantitative estimate of drug-likeness (QED) is 0.494. The molecule has 0 heterocycles. The van der Waals surface area contributed by atoms with E-state index in [1.807, 2.05) is 0 Å². The number of phenols is 1. The Bertz CT molecular complexity index is 887. The number of hydrogen-bond donors (Lipinski definition) is 3. The van der Waals surface area contributed by atoms with E-state index in [9.17, 15) is 36.2 Å². The lowest BCUT2D eigenvalue weighted by atomic mass is 10.0. The number of hydrogen-bond acceptors (Lipinski definition) is 3. The van der Waals surface area contributed by atoms with Gasteiger partial charge in [-0.2, -0.15) is 26.3 Å². The molecule has 10 heteroatoms. The average molecular weight is 404 g/mol. The number of amides is 1. The van der Waals surface area contributed by atoms with Crippen molar-refractivity contribution in [3.05, 3.63) is 71.1 Å². The third kappa shape index (κ3) is 5.18. The third-order valence-corrected chi connectivity index (χ3v) is 3.55. The maximum Gasteiger partial charge on any atom is 0.416 e. The molecule has 0 radical (unpaired) electrons. The van der Waals surface area contributed by atoms with Crippen molar-refractivity contribution in [2.45, 2.75) is 19.3 Å². The Hall–Kier alpha value is -3.17. The number of nitrogens with one attached hydrogen (secondary N) is 2. The van der Waals surface area contributed by atoms with E-state index in [1.54, 1.807) is 13.0 Å². The fraction of sp³-hybridized carbons (Fsp3) is 0.167. The van der Waals surface area contributed by atoms with Crippen LogP contribution in [0.1, 0.15) is 27.0 Å². The lowest BCUT2D eigenvalue weighted by Crippen LogP contribution is -2.27. The van der Waals surface area contributed by atoms with Gasteiger partial charge in [0.05, 0.1) is 16.8 Å². The number of aromatic hydroxyl groups is 1. The fourth-order valence-corrected chi connectivity index (χ4v) is 2.24. The number of alkyl halides is 6. The van der Waals surface area contributed by atoms with Gasteiger partial charge in [0, 0.05) is 5.56 Å². The molecule has 0 spiro atoms. The van der Waals surface area contributed by atoms with Gasteiger partial charge in [-0.25, -0.2) is 0 Å². The number of benzene rings is 2. The van der Waals surface area contributed by atoms with Gasteiger partial charge in [0.25, 0.3) is 5.91 Å². The molecule has 0 aliphatic carbocycles. The maximum absolute atomic E-state index is 12.9. The van der Waals surface area contributed by atoms with Crippen molar-refractivity contribution in [1.82, 2.24) is 5.32 Å². The van der Waals surface area contributed by atoms with Crippen LogP contribution < -0.4 is 10.6 Å². The van der Waals surface area contributed by atoms with Gasteiger partial charge < -0.3 is 15.7 Å². The van der Waals surface area contributed by atoms with E-state index < -0.39 is 35.0 Å². The monoisotopic (exact) mass is 404 g/mol. The van der Waals surface area contributed by atoms with Crippen molar-refractivity contribution in [3.8, 4) is 5.75 Å². The van der Waals surface area contributed by atoms with E-state index in [0.717, 1.165) is 5.56 Å². The summed E-state index contributed by atoms with van der Waals surface area (Å²) in [6.45, 7) is 5.14. The Labute approximate surface area is 155 Å². The molecule has 0 unspecified atom stereocenters. The number of rotatable bonds is 4. The predicted octanol–water partition coefficient (Wildman–Crippen LogP) is 5.05. The van der Waals surface area contributed by atoms with E-state index in [-0.39, 0.29) is 23.3 Å². The van der Waals surface area contributed by atoms with E-state index in [1.165, 1.54) is 12.1 Å². The molecule has 0 fully saturated rings. The highest BCUT2D eigenvalue weighted by molar-refractivity contribution is 5.96. The number of phenolic OH excluding ortho intramolecular Hbond substituents is 1. The minimum absolute atomic E-state index is 0.0752. The van der Waals surface area contributed by atoms with E-state index in [4.69, 9.17) is 0 Å². The first-order valence-electron chi connectivity index (χ1n) is 7.64. The standard InChI is InChI=1S/C18H14F6N2O2/c1-9-3-4-14(15(27)5-9)25-10(2)26-16(28)11-6-12(17(19,20)21)8-13(7-11)18(22,23)24/h3-8,25,27H,2H2,1H3,(H,26,28). The van der Waals surface area contributed by atoms with Crippen molar-refractivity contribution >= 4 is 11.6 Å². The number of halogens is 6. The zero-order valence-corrected chi connectivity index (χ0v) is 14.3. The summed E-state index contributed by atoms with van der Waals surface area (Å²) in [6.07, 6.45) is -10.1. The molecule has 2 aromatic rings. The van der Waals surface area contributed by atoms with Crippen LogP contribution in [0.15, 0.2) is 48.8 Å². The van der Waals surface area contributed by atoms with Gasteiger partial charge in [-0.15, -0.1) is 0 Å². The van der Waals surface area contributed by atoms with Crippen LogP contribution in [-0.4, -0.2) is 11.0 Å². The Morgan fingerprint density at radius 3 is 1.96 bits per heavy atom. The van der Waals surface area contributed by atoms with Crippen LogP contribution in [0.2, 0.25) is 0 Å². The molecule has 0 bridgehead atoms. The van der Waals surface area contributed by atoms with Gasteiger partial charge in [0.1, 0.15) is 11.6 Å². The Balaban J connectivity index is 2.26. The maximum atomic E-state index is 12.9. The molecule has 1 amide bonds. The highest BCUT2D eigenvalue weighted by atomic mass is 19.4. The lowest BCUT2D eigenvalue weighted by molar-refractivity contribution is -0.143. The molecule has 0 atom stereocenters. The van der Waals surface area contributed by atoms with Crippen LogP contribution in [0, 0.1) is 6.92 Å². The van der Waals surface area contributed by atoms with Crippen molar-refractivity contribution in [2.75, 3.05) is 5.32 Å². The summed E-state index contributed by atoms with van der Waals surface area (Å²) in [5, 5.41) is 14.3. The fourth-order valence-electron chi connectivity index (χ4n) is 2.24. The third-order valence-electron chi connectivity index (χ3n) is 3.55. The van der Waals surface area contributed by atoms with Crippen LogP contribution in [0.5, 0.6) is 5.75 Å². The van der Waals surface area contributed by atoms with Crippen molar-refractivity contribution in [1.29, 1.82) is 0 Å². The molecule has 0 saturated heterocycles. The van der Waals surface area contributed by atoms with Crippen LogP contribution in [0.4, 0.5) is 32.0 Å². The summed E-state index contributed by atoms with van der Waals surface area (Å²) < 4.78 is 77.2. The normalized spacial score (nSPS) is 11.8. The topological polar surface area (TPSA) is 61.4 Å². The van der Waals surface area contributed by atoms with Crippen molar-refractivity contribution in [2.24, 2.45) is 0 Å². The second kappa shape index (κ2) is 7.45. The first kappa shape index (κ1) is 21.1. The molecule has 28 heavy (non-hydrogen) atoms. The predicted molar refractivity (Wildman–Crippen MR) is 89.5 cm³/mol. The zero-order chi connectivity index (χ0) is 21.3. The van der Waals surface area contributed by atoms with E-state index in [0.29, 0.717) is 12.1 Å². The summed E-state index contributed by atoms with van der Waals surface area (Å²) >= 11 is 0. The van der Waals surface area contributed by atoms with Crippen LogP contribution in [0.25, 0.3) is 0 Å². The van der Waals surface area contributed by atoms with Crippen LogP contribution in [-0.2, 0) is 12.4 Å². The second-order valence-corrected chi connectivity index (χ2v) is 5.87. The van der Waals surface area contributed by atoms with Crippen molar-refractivity contribution in [3.63, 3.8) is 0 Å². The molecule has 0 saturated carbocycles. The largest absolute Gasteiger partial charge is 0.506 e. The SMILES string of the molecule is C=C(NC(=O)c1cc(C(F)(F)F)cc(C(F)(F)F)c1)Nc1ccc(C)cc1O. The minimum atomic E-state index is -5.07. The van der Waals surface area contributed by atoms with Crippen molar-refractivity contribution < 1.29 is 36.2 Å². The number of aryl methyl sites for hydroxylation is 1. The molecule has 3 N–H and O–H groups in total. The molecule has 4 nitrogen and oxygen atoms in total. The van der Waals surface area contributed by atoms with E-state index in [2.05, 4.69) is 17.2 Å². The van der Waals surface area contributed by atoms with Gasteiger partial charge >= 0.3 is 12.4 Å². The summed E-state index contributed by atoms with van der Waals surface area (Å²) in [5.41, 5.74) is -3.19. The summed E-state index contributed by atoms with van der Waals surface area (Å²) in [7, 11) is 0. The summed E-state index contributed by atoms with van der Waals surface area (Å²) in [4.78, 5) is 12.1. The molecule has 150 valence electrons. The molecular weight excluding hydrogens is 390 g/mol. The highest BCUT2D eigenvalue weighted by Gasteiger charge is 2.37.